The fourth-order valence-corrected chi connectivity index (χ4v) is 3.52. The van der Waals surface area contributed by atoms with Crippen molar-refractivity contribution in [1.82, 2.24) is 9.97 Å². The molecule has 0 spiro atoms. The lowest BCUT2D eigenvalue weighted by molar-refractivity contribution is -0.137. The van der Waals surface area contributed by atoms with E-state index in [1.54, 1.807) is 0 Å². The van der Waals surface area contributed by atoms with Crippen LogP contribution in [0.3, 0.4) is 0 Å². The van der Waals surface area contributed by atoms with Crippen LogP contribution in [0.25, 0.3) is 22.4 Å². The molecule has 0 radical (unpaired) electrons. The predicted molar refractivity (Wildman–Crippen MR) is 92.0 cm³/mol. The van der Waals surface area contributed by atoms with Crippen molar-refractivity contribution in [3.63, 3.8) is 0 Å². The fraction of sp³-hybridized carbons (Fsp3) is 0.125. The molecule has 3 aromatic rings. The van der Waals surface area contributed by atoms with Crippen molar-refractivity contribution in [2.75, 3.05) is 12.9 Å². The van der Waals surface area contributed by atoms with Crippen molar-refractivity contribution in [2.24, 2.45) is 0 Å². The van der Waals surface area contributed by atoms with Crippen molar-refractivity contribution in [3.8, 4) is 11.4 Å². The molecule has 0 amide bonds. The number of esters is 1. The van der Waals surface area contributed by atoms with Gasteiger partial charge in [-0.1, -0.05) is 28.1 Å². The third-order valence-electron chi connectivity index (χ3n) is 3.16. The van der Waals surface area contributed by atoms with Crippen LogP contribution in [0.2, 0.25) is 0 Å². The molecule has 112 valence electrons. The van der Waals surface area contributed by atoms with Gasteiger partial charge >= 0.3 is 5.97 Å². The number of aromatic amines is 1. The average Bonchev–Trinajstić information content (AvgIpc) is 2.96. The molecule has 1 N–H and O–H groups in total. The summed E-state index contributed by atoms with van der Waals surface area (Å²) in [5.74, 6) is 0.807. The minimum Gasteiger partial charge on any atom is -0.468 e. The molecule has 0 fully saturated rings. The second-order valence-corrected chi connectivity index (χ2v) is 6.54. The number of hydrogen-bond donors (Lipinski definition) is 1. The van der Waals surface area contributed by atoms with E-state index in [0.29, 0.717) is 0 Å². The van der Waals surface area contributed by atoms with Gasteiger partial charge in [0.2, 0.25) is 0 Å². The predicted octanol–water partition coefficient (Wildman–Crippen LogP) is 4.26. The highest BCUT2D eigenvalue weighted by molar-refractivity contribution is 9.10. The molecular formula is C16H13BrN2O2S. The van der Waals surface area contributed by atoms with Gasteiger partial charge in [-0.15, -0.1) is 11.8 Å². The van der Waals surface area contributed by atoms with Gasteiger partial charge in [0.25, 0.3) is 0 Å². The van der Waals surface area contributed by atoms with E-state index >= 15 is 0 Å². The number of rotatable bonds is 4. The van der Waals surface area contributed by atoms with E-state index in [2.05, 4.69) is 25.9 Å². The molecule has 0 saturated carbocycles. The number of hydrogen-bond acceptors (Lipinski definition) is 4. The van der Waals surface area contributed by atoms with Gasteiger partial charge in [-0.05, 0) is 30.3 Å². The zero-order valence-electron chi connectivity index (χ0n) is 11.8. The third kappa shape index (κ3) is 3.18. The van der Waals surface area contributed by atoms with Crippen LogP contribution in [0.5, 0.6) is 0 Å². The maximum atomic E-state index is 11.4. The highest BCUT2D eigenvalue weighted by Gasteiger charge is 2.12. The smallest absolute Gasteiger partial charge is 0.315 e. The normalized spacial score (nSPS) is 10.8. The molecule has 1 aromatic heterocycles. The van der Waals surface area contributed by atoms with Crippen LogP contribution < -0.4 is 0 Å². The van der Waals surface area contributed by atoms with Gasteiger partial charge in [-0.25, -0.2) is 4.98 Å². The van der Waals surface area contributed by atoms with Crippen LogP contribution in [0.4, 0.5) is 0 Å². The van der Waals surface area contributed by atoms with Crippen molar-refractivity contribution in [3.05, 3.63) is 46.9 Å². The number of carbonyl (C=O) groups excluding carboxylic acids is 1. The molecule has 0 unspecified atom stereocenters. The first-order valence-electron chi connectivity index (χ1n) is 6.61. The molecule has 0 bridgehead atoms. The Hall–Kier alpha value is -1.79. The third-order valence-corrected chi connectivity index (χ3v) is 4.68. The van der Waals surface area contributed by atoms with Gasteiger partial charge in [0.1, 0.15) is 5.82 Å². The van der Waals surface area contributed by atoms with Gasteiger partial charge in [0, 0.05) is 14.9 Å². The minimum atomic E-state index is -0.250. The second-order valence-electron chi connectivity index (χ2n) is 4.61. The van der Waals surface area contributed by atoms with Crippen molar-refractivity contribution >= 4 is 44.7 Å². The quantitative estimate of drug-likeness (QED) is 0.545. The summed E-state index contributed by atoms with van der Waals surface area (Å²) in [6.45, 7) is 0. The molecule has 2 aromatic carbocycles. The van der Waals surface area contributed by atoms with Crippen molar-refractivity contribution < 1.29 is 9.53 Å². The SMILES string of the molecule is COC(=O)CSc1cc(Br)ccc1-c1nc2ccccc2[nH]1. The number of benzene rings is 2. The molecule has 6 heteroatoms. The summed E-state index contributed by atoms with van der Waals surface area (Å²) >= 11 is 4.90. The number of para-hydroxylation sites is 2. The van der Waals surface area contributed by atoms with Gasteiger partial charge in [-0.3, -0.25) is 4.79 Å². The van der Waals surface area contributed by atoms with Gasteiger partial charge in [-0.2, -0.15) is 0 Å². The number of imidazole rings is 1. The molecule has 3 rings (SSSR count). The number of thioether (sulfide) groups is 1. The van der Waals surface area contributed by atoms with Crippen LogP contribution in [0, 0.1) is 0 Å². The van der Waals surface area contributed by atoms with Crippen LogP contribution in [0.15, 0.2) is 51.8 Å². The van der Waals surface area contributed by atoms with E-state index in [4.69, 9.17) is 4.74 Å². The summed E-state index contributed by atoms with van der Waals surface area (Å²) < 4.78 is 5.66. The van der Waals surface area contributed by atoms with E-state index in [-0.39, 0.29) is 11.7 Å². The summed E-state index contributed by atoms with van der Waals surface area (Å²) in [6.07, 6.45) is 0. The first-order valence-corrected chi connectivity index (χ1v) is 8.39. The van der Waals surface area contributed by atoms with Gasteiger partial charge in [0.15, 0.2) is 0 Å². The molecule has 4 nitrogen and oxygen atoms in total. The molecule has 0 saturated heterocycles. The number of methoxy groups -OCH3 is 1. The summed E-state index contributed by atoms with van der Waals surface area (Å²) in [4.78, 5) is 20.3. The lowest BCUT2D eigenvalue weighted by Gasteiger charge is -2.07. The number of nitrogens with zero attached hydrogens (tertiary/aromatic N) is 1. The Morgan fingerprint density at radius 1 is 1.32 bits per heavy atom. The maximum Gasteiger partial charge on any atom is 0.315 e. The summed E-state index contributed by atoms with van der Waals surface area (Å²) in [6, 6.07) is 13.8. The molecule has 0 aliphatic carbocycles. The minimum absolute atomic E-state index is 0.250. The highest BCUT2D eigenvalue weighted by Crippen LogP contribution is 2.33. The standard InChI is InChI=1S/C16H13BrN2O2S/c1-21-15(20)9-22-14-8-10(17)6-7-11(14)16-18-12-4-2-3-5-13(12)19-16/h2-8H,9H2,1H3,(H,18,19). The molecule has 0 atom stereocenters. The largest absolute Gasteiger partial charge is 0.468 e. The summed E-state index contributed by atoms with van der Waals surface area (Å²) in [7, 11) is 1.39. The Morgan fingerprint density at radius 2 is 2.14 bits per heavy atom. The summed E-state index contributed by atoms with van der Waals surface area (Å²) in [5, 5.41) is 0. The van der Waals surface area contributed by atoms with Crippen LogP contribution in [-0.2, 0) is 9.53 Å². The Balaban J connectivity index is 2.00. The van der Waals surface area contributed by atoms with E-state index in [1.807, 2.05) is 42.5 Å². The van der Waals surface area contributed by atoms with Gasteiger partial charge in [0.05, 0.1) is 23.9 Å². The number of aromatic nitrogens is 2. The van der Waals surface area contributed by atoms with Crippen LogP contribution in [-0.4, -0.2) is 28.8 Å². The second kappa shape index (κ2) is 6.54. The number of H-pyrrole nitrogens is 1. The van der Waals surface area contributed by atoms with Crippen molar-refractivity contribution in [2.45, 2.75) is 4.90 Å². The van der Waals surface area contributed by atoms with E-state index in [9.17, 15) is 4.79 Å². The molecule has 22 heavy (non-hydrogen) atoms. The zero-order valence-corrected chi connectivity index (χ0v) is 14.2. The summed E-state index contributed by atoms with van der Waals surface area (Å²) in [5.41, 5.74) is 2.88. The Bertz CT molecular complexity index is 799. The van der Waals surface area contributed by atoms with Gasteiger partial charge < -0.3 is 9.72 Å². The monoisotopic (exact) mass is 376 g/mol. The van der Waals surface area contributed by atoms with E-state index in [0.717, 1.165) is 31.8 Å². The molecule has 0 aliphatic rings. The number of fused-ring (bicyclic) bond motifs is 1. The Labute approximate surface area is 140 Å². The number of ether oxygens (including phenoxy) is 1. The highest BCUT2D eigenvalue weighted by atomic mass is 79.9. The number of nitrogens with one attached hydrogen (secondary N) is 1. The topological polar surface area (TPSA) is 55.0 Å². The first kappa shape index (κ1) is 15.1. The molecular weight excluding hydrogens is 364 g/mol. The number of carbonyl (C=O) groups is 1. The molecule has 1 heterocycles. The Morgan fingerprint density at radius 3 is 2.91 bits per heavy atom. The molecule has 0 aliphatic heterocycles. The van der Waals surface area contributed by atoms with Crippen molar-refractivity contribution in [1.29, 1.82) is 0 Å². The maximum absolute atomic E-state index is 11.4. The average molecular weight is 377 g/mol. The van der Waals surface area contributed by atoms with Crippen LogP contribution in [0.1, 0.15) is 0 Å². The lowest BCUT2D eigenvalue weighted by Crippen LogP contribution is -2.03. The fourth-order valence-electron chi connectivity index (χ4n) is 2.09. The Kier molecular flexibility index (Phi) is 4.49. The zero-order chi connectivity index (χ0) is 15.5. The van der Waals surface area contributed by atoms with E-state index in [1.165, 1.54) is 18.9 Å². The lowest BCUT2D eigenvalue weighted by atomic mass is 10.2. The number of halogens is 1. The van der Waals surface area contributed by atoms with Crippen LogP contribution >= 0.6 is 27.7 Å². The first-order chi connectivity index (χ1) is 10.7. The van der Waals surface area contributed by atoms with E-state index < -0.39 is 0 Å².